The normalized spacial score (nSPS) is 22.9. The van der Waals surface area contributed by atoms with E-state index in [9.17, 15) is 9.90 Å². The zero-order valence-electron chi connectivity index (χ0n) is 12.7. The zero-order chi connectivity index (χ0) is 15.5. The maximum atomic E-state index is 11.8. The molecule has 1 amide bonds. The predicted octanol–water partition coefficient (Wildman–Crippen LogP) is 2.44. The van der Waals surface area contributed by atoms with Gasteiger partial charge in [0, 0.05) is 34.9 Å². The number of thiazole rings is 1. The van der Waals surface area contributed by atoms with Crippen LogP contribution in [0, 0.1) is 0 Å². The van der Waals surface area contributed by atoms with Crippen molar-refractivity contribution in [3.8, 4) is 0 Å². The number of thioether (sulfide) groups is 1. The molecule has 0 aliphatic carbocycles. The Balaban J connectivity index is 1.86. The first-order chi connectivity index (χ1) is 9.78. The molecule has 1 saturated heterocycles. The van der Waals surface area contributed by atoms with Gasteiger partial charge in [0.25, 0.3) is 0 Å². The highest BCUT2D eigenvalue weighted by Crippen LogP contribution is 2.28. The van der Waals surface area contributed by atoms with Crippen molar-refractivity contribution in [1.82, 2.24) is 10.3 Å². The summed E-state index contributed by atoms with van der Waals surface area (Å²) in [5.41, 5.74) is -0.708. The summed E-state index contributed by atoms with van der Waals surface area (Å²) < 4.78 is 0. The minimum absolute atomic E-state index is 0.0302. The van der Waals surface area contributed by atoms with Crippen LogP contribution in [0.4, 0.5) is 0 Å². The molecule has 2 N–H and O–H groups in total. The fraction of sp³-hybridized carbons (Fsp3) is 0.600. The van der Waals surface area contributed by atoms with E-state index in [1.165, 1.54) is 6.08 Å². The Morgan fingerprint density at radius 2 is 2.33 bits per heavy atom. The maximum absolute atomic E-state index is 11.8. The summed E-state index contributed by atoms with van der Waals surface area (Å²) in [4.78, 5) is 17.1. The van der Waals surface area contributed by atoms with Crippen molar-refractivity contribution in [2.45, 2.75) is 38.2 Å². The first-order valence-electron chi connectivity index (χ1n) is 7.01. The van der Waals surface area contributed by atoms with Crippen molar-refractivity contribution < 1.29 is 9.90 Å². The summed E-state index contributed by atoms with van der Waals surface area (Å²) >= 11 is 3.32. The van der Waals surface area contributed by atoms with Gasteiger partial charge >= 0.3 is 0 Å². The molecule has 2 heterocycles. The second-order valence-electron chi connectivity index (χ2n) is 6.40. The van der Waals surface area contributed by atoms with Crippen molar-refractivity contribution in [3.63, 3.8) is 0 Å². The number of hydrogen-bond donors (Lipinski definition) is 2. The van der Waals surface area contributed by atoms with Crippen LogP contribution >= 0.6 is 23.1 Å². The molecule has 0 bridgehead atoms. The summed E-state index contributed by atoms with van der Waals surface area (Å²) in [5, 5.41) is 14.0. The Bertz CT molecular complexity index is 526. The van der Waals surface area contributed by atoms with Crippen molar-refractivity contribution in [3.05, 3.63) is 22.2 Å². The van der Waals surface area contributed by atoms with Crippen molar-refractivity contribution in [2.75, 3.05) is 18.1 Å². The molecule has 0 saturated carbocycles. The molecule has 116 valence electrons. The molecule has 1 unspecified atom stereocenters. The van der Waals surface area contributed by atoms with E-state index in [0.717, 1.165) is 22.1 Å². The third-order valence-corrected chi connectivity index (χ3v) is 5.86. The van der Waals surface area contributed by atoms with Crippen LogP contribution in [0.3, 0.4) is 0 Å². The maximum Gasteiger partial charge on any atom is 0.244 e. The van der Waals surface area contributed by atoms with Crippen LogP contribution in [0.1, 0.15) is 37.1 Å². The topological polar surface area (TPSA) is 62.2 Å². The number of carbonyl (C=O) groups is 1. The van der Waals surface area contributed by atoms with E-state index >= 15 is 0 Å². The van der Waals surface area contributed by atoms with Crippen molar-refractivity contribution in [2.24, 2.45) is 0 Å². The fourth-order valence-corrected chi connectivity index (χ4v) is 4.09. The van der Waals surface area contributed by atoms with E-state index in [2.05, 4.69) is 31.1 Å². The first-order valence-corrected chi connectivity index (χ1v) is 8.98. The Labute approximate surface area is 134 Å². The number of hydrogen-bond acceptors (Lipinski definition) is 5. The Morgan fingerprint density at radius 1 is 1.57 bits per heavy atom. The van der Waals surface area contributed by atoms with Crippen LogP contribution in [-0.4, -0.2) is 39.6 Å². The third-order valence-electron chi connectivity index (χ3n) is 3.24. The second kappa shape index (κ2) is 6.50. The van der Waals surface area contributed by atoms with Crippen molar-refractivity contribution in [1.29, 1.82) is 0 Å². The van der Waals surface area contributed by atoms with E-state index in [1.54, 1.807) is 35.4 Å². The van der Waals surface area contributed by atoms with Crippen LogP contribution in [0.2, 0.25) is 0 Å². The molecule has 0 radical (unpaired) electrons. The van der Waals surface area contributed by atoms with Gasteiger partial charge in [-0.15, -0.1) is 11.3 Å². The summed E-state index contributed by atoms with van der Waals surface area (Å²) in [7, 11) is 0. The van der Waals surface area contributed by atoms with Crippen LogP contribution in [-0.2, 0) is 10.2 Å². The lowest BCUT2D eigenvalue weighted by Gasteiger charge is -2.20. The summed E-state index contributed by atoms with van der Waals surface area (Å²) in [5.74, 6) is 1.48. The Hall–Kier alpha value is -0.850. The van der Waals surface area contributed by atoms with Gasteiger partial charge < -0.3 is 10.4 Å². The van der Waals surface area contributed by atoms with E-state index in [4.69, 9.17) is 0 Å². The molecule has 21 heavy (non-hydrogen) atoms. The number of nitrogens with zero attached hydrogens (tertiary/aromatic N) is 1. The number of carbonyl (C=O) groups excluding carboxylic acids is 1. The average molecular weight is 326 g/mol. The lowest BCUT2D eigenvalue weighted by atomic mass is 9.98. The largest absolute Gasteiger partial charge is 0.387 e. The minimum Gasteiger partial charge on any atom is -0.387 e. The smallest absolute Gasteiger partial charge is 0.244 e. The summed E-state index contributed by atoms with van der Waals surface area (Å²) in [6, 6.07) is 0. The van der Waals surface area contributed by atoms with Gasteiger partial charge in [-0.2, -0.15) is 11.8 Å². The number of nitrogens with one attached hydrogen (secondary N) is 1. The molecular weight excluding hydrogens is 304 g/mol. The molecule has 2 rings (SSSR count). The summed E-state index contributed by atoms with van der Waals surface area (Å²) in [6.07, 6.45) is 5.81. The van der Waals surface area contributed by atoms with Gasteiger partial charge in [0.05, 0.1) is 10.6 Å². The quantitative estimate of drug-likeness (QED) is 0.834. The number of amides is 1. The number of aliphatic hydroxyl groups is 1. The van der Waals surface area contributed by atoms with Crippen molar-refractivity contribution >= 4 is 35.1 Å². The van der Waals surface area contributed by atoms with Gasteiger partial charge in [0.2, 0.25) is 5.91 Å². The van der Waals surface area contributed by atoms with E-state index in [-0.39, 0.29) is 11.3 Å². The lowest BCUT2D eigenvalue weighted by molar-refractivity contribution is -0.117. The Kier molecular flexibility index (Phi) is 5.11. The molecule has 1 aliphatic rings. The first kappa shape index (κ1) is 16.5. The van der Waals surface area contributed by atoms with Gasteiger partial charge in [-0.1, -0.05) is 20.8 Å². The van der Waals surface area contributed by atoms with Gasteiger partial charge in [-0.25, -0.2) is 4.98 Å². The van der Waals surface area contributed by atoms with E-state index in [1.807, 2.05) is 0 Å². The molecule has 0 spiro atoms. The highest BCUT2D eigenvalue weighted by atomic mass is 32.2. The molecule has 0 aromatic carbocycles. The predicted molar refractivity (Wildman–Crippen MR) is 89.7 cm³/mol. The number of rotatable bonds is 4. The van der Waals surface area contributed by atoms with Gasteiger partial charge in [0.15, 0.2) is 0 Å². The molecule has 1 aromatic heterocycles. The van der Waals surface area contributed by atoms with E-state index < -0.39 is 5.60 Å². The average Bonchev–Trinajstić information content (AvgIpc) is 3.03. The molecule has 1 atom stereocenters. The monoisotopic (exact) mass is 326 g/mol. The third kappa shape index (κ3) is 4.83. The van der Waals surface area contributed by atoms with Crippen LogP contribution < -0.4 is 5.32 Å². The highest BCUT2D eigenvalue weighted by molar-refractivity contribution is 7.99. The standard InChI is InChI=1S/C15H22N2O2S2/c1-14(2,3)13-16-8-11(21-13)4-5-12(18)17-9-15(19)6-7-20-10-15/h4-5,8,19H,6-7,9-10H2,1-3H3,(H,17,18). The molecule has 1 fully saturated rings. The molecule has 1 aliphatic heterocycles. The van der Waals surface area contributed by atoms with Gasteiger partial charge in [-0.05, 0) is 18.2 Å². The fourth-order valence-electron chi connectivity index (χ4n) is 1.91. The zero-order valence-corrected chi connectivity index (χ0v) is 14.3. The minimum atomic E-state index is -0.738. The van der Waals surface area contributed by atoms with Crippen LogP contribution in [0.5, 0.6) is 0 Å². The molecule has 4 nitrogen and oxygen atoms in total. The summed E-state index contributed by atoms with van der Waals surface area (Å²) in [6.45, 7) is 6.67. The Morgan fingerprint density at radius 3 is 2.90 bits per heavy atom. The van der Waals surface area contributed by atoms with Gasteiger partial charge in [0.1, 0.15) is 0 Å². The molecule has 6 heteroatoms. The SMILES string of the molecule is CC(C)(C)c1ncc(C=CC(=O)NCC2(O)CCSC2)s1. The highest BCUT2D eigenvalue weighted by Gasteiger charge is 2.31. The second-order valence-corrected chi connectivity index (χ2v) is 8.56. The molecular formula is C15H22N2O2S2. The number of aromatic nitrogens is 1. The lowest BCUT2D eigenvalue weighted by Crippen LogP contribution is -2.42. The molecule has 1 aromatic rings. The van der Waals surface area contributed by atoms with Gasteiger partial charge in [-0.3, -0.25) is 4.79 Å². The van der Waals surface area contributed by atoms with E-state index in [0.29, 0.717) is 12.3 Å². The van der Waals surface area contributed by atoms with Crippen LogP contribution in [0.15, 0.2) is 12.3 Å². The van der Waals surface area contributed by atoms with Crippen LogP contribution in [0.25, 0.3) is 6.08 Å².